The average molecular weight is 227 g/mol. The van der Waals surface area contributed by atoms with Gasteiger partial charge < -0.3 is 10.1 Å². The summed E-state index contributed by atoms with van der Waals surface area (Å²) in [6, 6.07) is 0. The summed E-state index contributed by atoms with van der Waals surface area (Å²) in [7, 11) is 0. The Bertz CT molecular complexity index is 208. The number of ether oxygens (including phenoxy) is 1. The van der Waals surface area contributed by atoms with Crippen LogP contribution in [0.25, 0.3) is 0 Å². The smallest absolute Gasteiger partial charge is 0.307 e. The molecule has 0 aromatic heterocycles. The second kappa shape index (κ2) is 6.89. The van der Waals surface area contributed by atoms with Crippen molar-refractivity contribution in [1.82, 2.24) is 5.32 Å². The fraction of sp³-hybridized carbons (Fsp3) is 0.923. The first-order valence-electron chi connectivity index (χ1n) is 6.52. The molecule has 0 aliphatic heterocycles. The van der Waals surface area contributed by atoms with E-state index in [4.69, 9.17) is 4.74 Å². The van der Waals surface area contributed by atoms with Crippen molar-refractivity contribution in [3.63, 3.8) is 0 Å². The molecule has 94 valence electrons. The summed E-state index contributed by atoms with van der Waals surface area (Å²) in [5, 5.41) is 3.13. The summed E-state index contributed by atoms with van der Waals surface area (Å²) in [5.41, 5.74) is 0. The van der Waals surface area contributed by atoms with E-state index in [1.807, 2.05) is 6.92 Å². The van der Waals surface area contributed by atoms with Crippen molar-refractivity contribution in [1.29, 1.82) is 0 Å². The summed E-state index contributed by atoms with van der Waals surface area (Å²) < 4.78 is 5.50. The van der Waals surface area contributed by atoms with Crippen LogP contribution in [-0.4, -0.2) is 25.2 Å². The topological polar surface area (TPSA) is 38.3 Å². The van der Waals surface area contributed by atoms with Crippen molar-refractivity contribution >= 4 is 5.97 Å². The first-order chi connectivity index (χ1) is 7.61. The fourth-order valence-corrected chi connectivity index (χ4v) is 2.58. The van der Waals surface area contributed by atoms with E-state index in [0.29, 0.717) is 18.3 Å². The van der Waals surface area contributed by atoms with Crippen LogP contribution in [0.3, 0.4) is 0 Å². The standard InChI is InChI=1S/C13H25NO2/c1-4-14-6-5-13(15)16-12-8-10(2)7-11(3)9-12/h10-12,14H,4-9H2,1-3H3. The Kier molecular flexibility index (Phi) is 5.81. The lowest BCUT2D eigenvalue weighted by atomic mass is 9.82. The molecule has 0 bridgehead atoms. The maximum Gasteiger partial charge on any atom is 0.307 e. The third-order valence-corrected chi connectivity index (χ3v) is 3.19. The Labute approximate surface area is 98.9 Å². The molecule has 3 heteroatoms. The minimum atomic E-state index is -0.0488. The molecule has 0 heterocycles. The predicted octanol–water partition coefficient (Wildman–Crippen LogP) is 2.35. The lowest BCUT2D eigenvalue weighted by molar-refractivity contribution is -0.151. The molecule has 1 aliphatic rings. The zero-order chi connectivity index (χ0) is 12.0. The van der Waals surface area contributed by atoms with Gasteiger partial charge in [0.1, 0.15) is 6.10 Å². The zero-order valence-electron chi connectivity index (χ0n) is 10.8. The van der Waals surface area contributed by atoms with Crippen LogP contribution in [0.1, 0.15) is 46.5 Å². The third kappa shape index (κ3) is 4.97. The highest BCUT2D eigenvalue weighted by atomic mass is 16.5. The van der Waals surface area contributed by atoms with Gasteiger partial charge in [0, 0.05) is 6.54 Å². The maximum atomic E-state index is 11.5. The molecule has 2 unspecified atom stereocenters. The Morgan fingerprint density at radius 1 is 1.25 bits per heavy atom. The van der Waals surface area contributed by atoms with Gasteiger partial charge in [-0.05, 0) is 37.6 Å². The molecular weight excluding hydrogens is 202 g/mol. The largest absolute Gasteiger partial charge is 0.462 e. The maximum absolute atomic E-state index is 11.5. The first kappa shape index (κ1) is 13.5. The van der Waals surface area contributed by atoms with Gasteiger partial charge in [0.2, 0.25) is 0 Å². The number of carbonyl (C=O) groups excluding carboxylic acids is 1. The molecule has 0 radical (unpaired) electrons. The summed E-state index contributed by atoms with van der Waals surface area (Å²) >= 11 is 0. The van der Waals surface area contributed by atoms with E-state index in [1.165, 1.54) is 6.42 Å². The summed E-state index contributed by atoms with van der Waals surface area (Å²) in [4.78, 5) is 11.5. The van der Waals surface area contributed by atoms with E-state index in [2.05, 4.69) is 19.2 Å². The van der Waals surface area contributed by atoms with Gasteiger partial charge in [-0.3, -0.25) is 4.79 Å². The van der Waals surface area contributed by atoms with Crippen LogP contribution >= 0.6 is 0 Å². The monoisotopic (exact) mass is 227 g/mol. The van der Waals surface area contributed by atoms with Crippen LogP contribution in [0, 0.1) is 11.8 Å². The van der Waals surface area contributed by atoms with E-state index >= 15 is 0 Å². The number of carbonyl (C=O) groups is 1. The fourth-order valence-electron chi connectivity index (χ4n) is 2.58. The van der Waals surface area contributed by atoms with E-state index in [1.54, 1.807) is 0 Å². The molecule has 1 rings (SSSR count). The minimum Gasteiger partial charge on any atom is -0.462 e. The van der Waals surface area contributed by atoms with Crippen molar-refractivity contribution in [2.24, 2.45) is 11.8 Å². The molecule has 0 aromatic rings. The van der Waals surface area contributed by atoms with Gasteiger partial charge in [-0.1, -0.05) is 20.8 Å². The second-order valence-electron chi connectivity index (χ2n) is 5.13. The van der Waals surface area contributed by atoms with Crippen LogP contribution in [-0.2, 0) is 9.53 Å². The highest BCUT2D eigenvalue weighted by Gasteiger charge is 2.26. The van der Waals surface area contributed by atoms with Crippen LogP contribution < -0.4 is 5.32 Å². The van der Waals surface area contributed by atoms with Crippen molar-refractivity contribution in [3.8, 4) is 0 Å². The Hall–Kier alpha value is -0.570. The normalized spacial score (nSPS) is 30.1. The number of nitrogens with one attached hydrogen (secondary N) is 1. The predicted molar refractivity (Wildman–Crippen MR) is 65.2 cm³/mol. The quantitative estimate of drug-likeness (QED) is 0.579. The van der Waals surface area contributed by atoms with Crippen molar-refractivity contribution < 1.29 is 9.53 Å². The molecule has 1 saturated carbocycles. The average Bonchev–Trinajstić information content (AvgIpc) is 2.16. The number of rotatable bonds is 5. The van der Waals surface area contributed by atoms with Crippen molar-refractivity contribution in [3.05, 3.63) is 0 Å². The molecule has 2 atom stereocenters. The van der Waals surface area contributed by atoms with Gasteiger partial charge in [-0.15, -0.1) is 0 Å². The van der Waals surface area contributed by atoms with E-state index in [-0.39, 0.29) is 12.1 Å². The van der Waals surface area contributed by atoms with Gasteiger partial charge in [-0.2, -0.15) is 0 Å². The van der Waals surface area contributed by atoms with E-state index in [0.717, 1.165) is 25.9 Å². The van der Waals surface area contributed by atoms with Gasteiger partial charge in [0.05, 0.1) is 6.42 Å². The molecule has 0 spiro atoms. The SMILES string of the molecule is CCNCCC(=O)OC1CC(C)CC(C)C1. The number of hydrogen-bond donors (Lipinski definition) is 1. The molecular formula is C13H25NO2. The van der Waals surface area contributed by atoms with Gasteiger partial charge in [-0.25, -0.2) is 0 Å². The summed E-state index contributed by atoms with van der Waals surface area (Å²) in [5.74, 6) is 1.33. The molecule has 16 heavy (non-hydrogen) atoms. The van der Waals surface area contributed by atoms with Crippen LogP contribution in [0.4, 0.5) is 0 Å². The van der Waals surface area contributed by atoms with Crippen LogP contribution in [0.2, 0.25) is 0 Å². The van der Waals surface area contributed by atoms with Gasteiger partial charge in [0.25, 0.3) is 0 Å². The van der Waals surface area contributed by atoms with Gasteiger partial charge in [0.15, 0.2) is 0 Å². The summed E-state index contributed by atoms with van der Waals surface area (Å²) in [6.45, 7) is 8.16. The molecule has 0 saturated heterocycles. The van der Waals surface area contributed by atoms with Crippen molar-refractivity contribution in [2.45, 2.75) is 52.6 Å². The molecule has 1 aliphatic carbocycles. The highest BCUT2D eigenvalue weighted by molar-refractivity contribution is 5.69. The van der Waals surface area contributed by atoms with E-state index < -0.39 is 0 Å². The van der Waals surface area contributed by atoms with E-state index in [9.17, 15) is 4.79 Å². The molecule has 0 aromatic carbocycles. The lowest BCUT2D eigenvalue weighted by Crippen LogP contribution is -2.29. The second-order valence-corrected chi connectivity index (χ2v) is 5.13. The lowest BCUT2D eigenvalue weighted by Gasteiger charge is -2.31. The Morgan fingerprint density at radius 3 is 2.44 bits per heavy atom. The summed E-state index contributed by atoms with van der Waals surface area (Å²) in [6.07, 6.45) is 4.00. The Balaban J connectivity index is 2.22. The molecule has 0 amide bonds. The number of hydrogen-bond acceptors (Lipinski definition) is 3. The molecule has 1 N–H and O–H groups in total. The minimum absolute atomic E-state index is 0.0488. The Morgan fingerprint density at radius 2 is 1.88 bits per heavy atom. The van der Waals surface area contributed by atoms with Gasteiger partial charge >= 0.3 is 5.97 Å². The van der Waals surface area contributed by atoms with Crippen molar-refractivity contribution in [2.75, 3.05) is 13.1 Å². The zero-order valence-corrected chi connectivity index (χ0v) is 10.8. The molecule has 1 fully saturated rings. The number of esters is 1. The van der Waals surface area contributed by atoms with Crippen LogP contribution in [0.5, 0.6) is 0 Å². The van der Waals surface area contributed by atoms with Crippen LogP contribution in [0.15, 0.2) is 0 Å². The highest BCUT2D eigenvalue weighted by Crippen LogP contribution is 2.30. The first-order valence-corrected chi connectivity index (χ1v) is 6.52. The third-order valence-electron chi connectivity index (χ3n) is 3.19. The molecule has 3 nitrogen and oxygen atoms in total.